The third-order valence-electron chi connectivity index (χ3n) is 5.06. The Bertz CT molecular complexity index is 424. The number of hydrogen-bond acceptors (Lipinski definition) is 3. The standard InChI is InChI=1S/C18H28N2O.2ClH/c1-2-5-17(6-3-1)15-21-14-4-12-20-13-9-18(16-20)7-10-19-11-8-18;;/h1-3,5-6,19H,4,7-16H2;2*1H. The zero-order valence-electron chi connectivity index (χ0n) is 13.8. The summed E-state index contributed by atoms with van der Waals surface area (Å²) < 4.78 is 5.78. The van der Waals surface area contributed by atoms with Crippen molar-refractivity contribution in [1.82, 2.24) is 10.2 Å². The van der Waals surface area contributed by atoms with E-state index in [9.17, 15) is 0 Å². The molecule has 1 spiro atoms. The third-order valence-corrected chi connectivity index (χ3v) is 5.06. The molecule has 0 saturated carbocycles. The number of benzene rings is 1. The summed E-state index contributed by atoms with van der Waals surface area (Å²) in [6, 6.07) is 10.4. The van der Waals surface area contributed by atoms with Crippen LogP contribution in [0.15, 0.2) is 30.3 Å². The molecule has 1 aromatic carbocycles. The van der Waals surface area contributed by atoms with E-state index >= 15 is 0 Å². The fourth-order valence-electron chi connectivity index (χ4n) is 3.74. The van der Waals surface area contributed by atoms with Gasteiger partial charge < -0.3 is 15.0 Å². The van der Waals surface area contributed by atoms with Crippen molar-refractivity contribution in [2.24, 2.45) is 5.41 Å². The Hall–Kier alpha value is -0.320. The monoisotopic (exact) mass is 360 g/mol. The molecule has 2 aliphatic heterocycles. The van der Waals surface area contributed by atoms with Gasteiger partial charge in [0.25, 0.3) is 0 Å². The van der Waals surface area contributed by atoms with E-state index in [1.54, 1.807) is 0 Å². The minimum absolute atomic E-state index is 0. The predicted molar refractivity (Wildman–Crippen MR) is 101 cm³/mol. The highest BCUT2D eigenvalue weighted by atomic mass is 35.5. The molecule has 0 atom stereocenters. The van der Waals surface area contributed by atoms with Gasteiger partial charge in [-0.3, -0.25) is 0 Å². The Morgan fingerprint density at radius 1 is 1.04 bits per heavy atom. The summed E-state index contributed by atoms with van der Waals surface area (Å²) in [6.07, 6.45) is 5.29. The molecule has 2 aliphatic rings. The SMILES string of the molecule is Cl.Cl.c1ccc(COCCCN2CCC3(CCNCC3)C2)cc1. The first-order valence-electron chi connectivity index (χ1n) is 8.41. The lowest BCUT2D eigenvalue weighted by Gasteiger charge is -2.33. The van der Waals surface area contributed by atoms with Crippen LogP contribution in [0.3, 0.4) is 0 Å². The second kappa shape index (κ2) is 10.5. The third kappa shape index (κ3) is 6.24. The van der Waals surface area contributed by atoms with Crippen LogP contribution in [-0.4, -0.2) is 44.2 Å². The fourth-order valence-corrected chi connectivity index (χ4v) is 3.74. The fraction of sp³-hybridized carbons (Fsp3) is 0.667. The topological polar surface area (TPSA) is 24.5 Å². The molecule has 0 amide bonds. The van der Waals surface area contributed by atoms with Crippen LogP contribution in [0.5, 0.6) is 0 Å². The molecule has 3 nitrogen and oxygen atoms in total. The van der Waals surface area contributed by atoms with Crippen molar-refractivity contribution in [3.63, 3.8) is 0 Å². The second-order valence-electron chi connectivity index (χ2n) is 6.67. The van der Waals surface area contributed by atoms with Crippen molar-refractivity contribution >= 4 is 24.8 Å². The van der Waals surface area contributed by atoms with Crippen molar-refractivity contribution in [3.8, 4) is 0 Å². The number of nitrogens with zero attached hydrogens (tertiary/aromatic N) is 1. The van der Waals surface area contributed by atoms with E-state index in [2.05, 4.69) is 34.5 Å². The number of halogens is 2. The van der Waals surface area contributed by atoms with Gasteiger partial charge in [0.2, 0.25) is 0 Å². The largest absolute Gasteiger partial charge is 0.377 e. The summed E-state index contributed by atoms with van der Waals surface area (Å²) in [5.74, 6) is 0. The highest BCUT2D eigenvalue weighted by Crippen LogP contribution is 2.38. The number of rotatable bonds is 6. The van der Waals surface area contributed by atoms with E-state index in [0.29, 0.717) is 5.41 Å². The summed E-state index contributed by atoms with van der Waals surface area (Å²) in [6.45, 7) is 7.86. The van der Waals surface area contributed by atoms with E-state index < -0.39 is 0 Å². The minimum atomic E-state index is 0. The lowest BCUT2D eigenvalue weighted by Crippen LogP contribution is -2.38. The summed E-state index contributed by atoms with van der Waals surface area (Å²) in [7, 11) is 0. The minimum Gasteiger partial charge on any atom is -0.377 e. The first kappa shape index (κ1) is 20.7. The summed E-state index contributed by atoms with van der Waals surface area (Å²) in [5.41, 5.74) is 1.91. The van der Waals surface area contributed by atoms with Gasteiger partial charge in [-0.2, -0.15) is 0 Å². The van der Waals surface area contributed by atoms with Gasteiger partial charge in [0.05, 0.1) is 6.61 Å². The molecule has 0 aromatic heterocycles. The number of nitrogens with one attached hydrogen (secondary N) is 1. The number of piperidine rings is 1. The van der Waals surface area contributed by atoms with Crippen LogP contribution >= 0.6 is 24.8 Å². The molecular weight excluding hydrogens is 331 g/mol. The van der Waals surface area contributed by atoms with Gasteiger partial charge in [0, 0.05) is 19.7 Å². The van der Waals surface area contributed by atoms with Gasteiger partial charge >= 0.3 is 0 Å². The number of hydrogen-bond donors (Lipinski definition) is 1. The quantitative estimate of drug-likeness (QED) is 0.785. The van der Waals surface area contributed by atoms with Crippen molar-refractivity contribution in [3.05, 3.63) is 35.9 Å². The Morgan fingerprint density at radius 3 is 2.52 bits per heavy atom. The smallest absolute Gasteiger partial charge is 0.0716 e. The lowest BCUT2D eigenvalue weighted by atomic mass is 9.78. The molecule has 2 heterocycles. The molecular formula is C18H30Cl2N2O. The van der Waals surface area contributed by atoms with Crippen LogP contribution in [0, 0.1) is 5.41 Å². The highest BCUT2D eigenvalue weighted by Gasteiger charge is 2.38. The Balaban J connectivity index is 0.00000132. The average molecular weight is 361 g/mol. The second-order valence-corrected chi connectivity index (χ2v) is 6.67. The predicted octanol–water partition coefficient (Wildman–Crippen LogP) is 3.51. The van der Waals surface area contributed by atoms with E-state index in [-0.39, 0.29) is 24.8 Å². The molecule has 3 rings (SSSR count). The van der Waals surface area contributed by atoms with Crippen LogP contribution in [0.1, 0.15) is 31.2 Å². The first-order chi connectivity index (χ1) is 10.4. The zero-order valence-corrected chi connectivity index (χ0v) is 15.5. The zero-order chi connectivity index (χ0) is 14.4. The highest BCUT2D eigenvalue weighted by molar-refractivity contribution is 5.85. The first-order valence-corrected chi connectivity index (χ1v) is 8.41. The molecule has 0 aliphatic carbocycles. The maximum atomic E-state index is 5.78. The van der Waals surface area contributed by atoms with Gasteiger partial charge in [-0.05, 0) is 56.3 Å². The number of likely N-dealkylation sites (tertiary alicyclic amines) is 1. The molecule has 23 heavy (non-hydrogen) atoms. The maximum absolute atomic E-state index is 5.78. The number of ether oxygens (including phenoxy) is 1. The van der Waals surface area contributed by atoms with Gasteiger partial charge in [0.15, 0.2) is 0 Å². The molecule has 132 valence electrons. The molecule has 0 bridgehead atoms. The average Bonchev–Trinajstić information content (AvgIpc) is 2.91. The summed E-state index contributed by atoms with van der Waals surface area (Å²) in [5, 5.41) is 3.49. The molecule has 2 fully saturated rings. The van der Waals surface area contributed by atoms with Crippen molar-refractivity contribution in [2.45, 2.75) is 32.3 Å². The molecule has 5 heteroatoms. The molecule has 0 radical (unpaired) electrons. The van der Waals surface area contributed by atoms with Crippen LogP contribution in [-0.2, 0) is 11.3 Å². The molecule has 1 aromatic rings. The van der Waals surface area contributed by atoms with E-state index in [4.69, 9.17) is 4.74 Å². The van der Waals surface area contributed by atoms with Crippen LogP contribution < -0.4 is 5.32 Å². The van der Waals surface area contributed by atoms with Crippen molar-refractivity contribution in [2.75, 3.05) is 39.3 Å². The van der Waals surface area contributed by atoms with E-state index in [0.717, 1.165) is 19.6 Å². The maximum Gasteiger partial charge on any atom is 0.0716 e. The normalized spacial score (nSPS) is 20.0. The van der Waals surface area contributed by atoms with Crippen LogP contribution in [0.2, 0.25) is 0 Å². The Labute approximate surface area is 153 Å². The van der Waals surface area contributed by atoms with Gasteiger partial charge in [-0.15, -0.1) is 24.8 Å². The van der Waals surface area contributed by atoms with Crippen molar-refractivity contribution in [1.29, 1.82) is 0 Å². The van der Waals surface area contributed by atoms with Gasteiger partial charge in [-0.25, -0.2) is 0 Å². The van der Waals surface area contributed by atoms with Crippen LogP contribution in [0.4, 0.5) is 0 Å². The van der Waals surface area contributed by atoms with E-state index in [1.807, 2.05) is 6.07 Å². The van der Waals surface area contributed by atoms with E-state index in [1.165, 1.54) is 57.5 Å². The lowest BCUT2D eigenvalue weighted by molar-refractivity contribution is 0.108. The van der Waals surface area contributed by atoms with Crippen molar-refractivity contribution < 1.29 is 4.74 Å². The summed E-state index contributed by atoms with van der Waals surface area (Å²) >= 11 is 0. The molecule has 1 N–H and O–H groups in total. The Kier molecular flexibility index (Phi) is 9.48. The van der Waals surface area contributed by atoms with Gasteiger partial charge in [0.1, 0.15) is 0 Å². The molecule has 0 unspecified atom stereocenters. The Morgan fingerprint density at radius 2 is 1.78 bits per heavy atom. The summed E-state index contributed by atoms with van der Waals surface area (Å²) in [4.78, 5) is 2.65. The van der Waals surface area contributed by atoms with Gasteiger partial charge in [-0.1, -0.05) is 30.3 Å². The molecule has 2 saturated heterocycles. The van der Waals surface area contributed by atoms with Crippen LogP contribution in [0.25, 0.3) is 0 Å².